The summed E-state index contributed by atoms with van der Waals surface area (Å²) in [5, 5.41) is 2.95. The largest absolute Gasteiger partial charge is 0.497 e. The molecular formula is C24H32N2O4. The van der Waals surface area contributed by atoms with Gasteiger partial charge in [0.05, 0.1) is 7.11 Å². The van der Waals surface area contributed by atoms with Crippen LogP contribution in [-0.2, 0) is 16.1 Å². The van der Waals surface area contributed by atoms with E-state index in [0.717, 1.165) is 11.1 Å². The van der Waals surface area contributed by atoms with E-state index >= 15 is 0 Å². The zero-order valence-corrected chi connectivity index (χ0v) is 18.7. The van der Waals surface area contributed by atoms with E-state index in [4.69, 9.17) is 9.47 Å². The van der Waals surface area contributed by atoms with Crippen molar-refractivity contribution in [2.75, 3.05) is 13.7 Å². The van der Waals surface area contributed by atoms with Gasteiger partial charge in [-0.15, -0.1) is 0 Å². The first-order chi connectivity index (χ1) is 14.1. The number of para-hydroxylation sites is 1. The molecule has 6 nitrogen and oxygen atoms in total. The quantitative estimate of drug-likeness (QED) is 0.718. The predicted molar refractivity (Wildman–Crippen MR) is 118 cm³/mol. The van der Waals surface area contributed by atoms with E-state index in [1.807, 2.05) is 76.2 Å². The molecule has 0 aliphatic rings. The zero-order chi connectivity index (χ0) is 22.3. The number of hydrogen-bond acceptors (Lipinski definition) is 4. The number of benzene rings is 2. The number of ether oxygens (including phenoxy) is 2. The number of hydrogen-bond donors (Lipinski definition) is 1. The van der Waals surface area contributed by atoms with Gasteiger partial charge in [0.2, 0.25) is 5.91 Å². The molecule has 0 radical (unpaired) electrons. The zero-order valence-electron chi connectivity index (χ0n) is 18.7. The first-order valence-corrected chi connectivity index (χ1v) is 10.0. The Balaban J connectivity index is 2.21. The van der Waals surface area contributed by atoms with Crippen molar-refractivity contribution in [2.24, 2.45) is 0 Å². The molecular weight excluding hydrogens is 380 g/mol. The van der Waals surface area contributed by atoms with Crippen molar-refractivity contribution in [2.45, 2.75) is 52.7 Å². The molecule has 30 heavy (non-hydrogen) atoms. The van der Waals surface area contributed by atoms with Gasteiger partial charge in [-0.3, -0.25) is 9.59 Å². The molecule has 0 spiro atoms. The molecule has 6 heteroatoms. The van der Waals surface area contributed by atoms with Crippen molar-refractivity contribution in [1.29, 1.82) is 0 Å². The maximum Gasteiger partial charge on any atom is 0.261 e. The summed E-state index contributed by atoms with van der Waals surface area (Å²) in [7, 11) is 1.59. The van der Waals surface area contributed by atoms with Gasteiger partial charge in [0.1, 0.15) is 17.5 Å². The number of methoxy groups -OCH3 is 1. The lowest BCUT2D eigenvalue weighted by Gasteiger charge is -2.31. The maximum absolute atomic E-state index is 13.1. The Hall–Kier alpha value is -3.02. The molecule has 2 rings (SSSR count). The SMILES string of the molecule is COc1cccc(CN(C(=O)COc2ccccc2C)[C@@H](C)C(=O)NC(C)(C)C)c1. The van der Waals surface area contributed by atoms with E-state index in [9.17, 15) is 9.59 Å². The number of carbonyl (C=O) groups excluding carboxylic acids is 2. The summed E-state index contributed by atoms with van der Waals surface area (Å²) >= 11 is 0. The average molecular weight is 413 g/mol. The van der Waals surface area contributed by atoms with Crippen LogP contribution in [0, 0.1) is 6.92 Å². The standard InChI is InChI=1S/C24H32N2O4/c1-17-10-7-8-13-21(17)30-16-22(27)26(18(2)23(28)25-24(3,4)5)15-19-11-9-12-20(14-19)29-6/h7-14,18H,15-16H2,1-6H3,(H,25,28)/t18-/m0/s1. The Kier molecular flexibility index (Phi) is 7.86. The minimum atomic E-state index is -0.664. The normalized spacial score (nSPS) is 12.1. The van der Waals surface area contributed by atoms with Crippen LogP contribution in [0.2, 0.25) is 0 Å². The number of aryl methyl sites for hydroxylation is 1. The fourth-order valence-corrected chi connectivity index (χ4v) is 2.96. The smallest absolute Gasteiger partial charge is 0.261 e. The van der Waals surface area contributed by atoms with E-state index in [0.29, 0.717) is 11.5 Å². The van der Waals surface area contributed by atoms with Crippen molar-refractivity contribution in [3.63, 3.8) is 0 Å². The molecule has 0 aliphatic heterocycles. The van der Waals surface area contributed by atoms with Crippen LogP contribution >= 0.6 is 0 Å². The number of amides is 2. The summed E-state index contributed by atoms with van der Waals surface area (Å²) in [5.41, 5.74) is 1.42. The highest BCUT2D eigenvalue weighted by Crippen LogP contribution is 2.19. The monoisotopic (exact) mass is 412 g/mol. The van der Waals surface area contributed by atoms with Gasteiger partial charge >= 0.3 is 0 Å². The van der Waals surface area contributed by atoms with Crippen LogP contribution in [0.15, 0.2) is 48.5 Å². The summed E-state index contributed by atoms with van der Waals surface area (Å²) in [6.45, 7) is 9.50. The molecule has 0 saturated heterocycles. The third kappa shape index (κ3) is 6.79. The Labute approximate surface area is 179 Å². The first-order valence-electron chi connectivity index (χ1n) is 10.0. The van der Waals surface area contributed by atoms with E-state index < -0.39 is 11.6 Å². The number of carbonyl (C=O) groups is 2. The van der Waals surface area contributed by atoms with E-state index in [1.54, 1.807) is 14.0 Å². The number of nitrogens with one attached hydrogen (secondary N) is 1. The van der Waals surface area contributed by atoms with Gasteiger partial charge < -0.3 is 19.7 Å². The number of nitrogens with zero attached hydrogens (tertiary/aromatic N) is 1. The Morgan fingerprint density at radius 3 is 2.43 bits per heavy atom. The predicted octanol–water partition coefficient (Wildman–Crippen LogP) is 3.71. The lowest BCUT2D eigenvalue weighted by atomic mass is 10.1. The average Bonchev–Trinajstić information content (AvgIpc) is 2.69. The molecule has 2 aromatic rings. The first kappa shape index (κ1) is 23.3. The van der Waals surface area contributed by atoms with E-state index in [1.165, 1.54) is 4.90 Å². The van der Waals surface area contributed by atoms with Crippen LogP contribution in [0.5, 0.6) is 11.5 Å². The lowest BCUT2D eigenvalue weighted by Crippen LogP contribution is -2.53. The van der Waals surface area contributed by atoms with E-state index in [-0.39, 0.29) is 25.0 Å². The highest BCUT2D eigenvalue weighted by molar-refractivity contribution is 5.88. The van der Waals surface area contributed by atoms with Crippen molar-refractivity contribution in [1.82, 2.24) is 10.2 Å². The molecule has 1 atom stereocenters. The lowest BCUT2D eigenvalue weighted by molar-refractivity contribution is -0.142. The molecule has 1 N–H and O–H groups in total. The molecule has 162 valence electrons. The van der Waals surface area contributed by atoms with Gasteiger partial charge in [-0.05, 0) is 63.9 Å². The summed E-state index contributed by atoms with van der Waals surface area (Å²) in [6.07, 6.45) is 0. The highest BCUT2D eigenvalue weighted by atomic mass is 16.5. The molecule has 0 fully saturated rings. The van der Waals surface area contributed by atoms with Crippen molar-refractivity contribution >= 4 is 11.8 Å². The van der Waals surface area contributed by atoms with Crippen molar-refractivity contribution in [3.8, 4) is 11.5 Å². The van der Waals surface area contributed by atoms with Crippen LogP contribution in [0.25, 0.3) is 0 Å². The minimum Gasteiger partial charge on any atom is -0.497 e. The van der Waals surface area contributed by atoms with Crippen molar-refractivity contribution < 1.29 is 19.1 Å². The summed E-state index contributed by atoms with van der Waals surface area (Å²) in [4.78, 5) is 27.4. The van der Waals surface area contributed by atoms with Gasteiger partial charge in [0.25, 0.3) is 5.91 Å². The fourth-order valence-electron chi connectivity index (χ4n) is 2.96. The van der Waals surface area contributed by atoms with Gasteiger partial charge in [0, 0.05) is 12.1 Å². The summed E-state index contributed by atoms with van der Waals surface area (Å²) < 4.78 is 11.0. The van der Waals surface area contributed by atoms with Crippen LogP contribution < -0.4 is 14.8 Å². The van der Waals surface area contributed by atoms with Gasteiger partial charge in [-0.25, -0.2) is 0 Å². The third-order valence-electron chi connectivity index (χ3n) is 4.60. The molecule has 0 heterocycles. The Morgan fingerprint density at radius 1 is 1.10 bits per heavy atom. The van der Waals surface area contributed by atoms with Gasteiger partial charge in [0.15, 0.2) is 6.61 Å². The molecule has 0 bridgehead atoms. The molecule has 0 aromatic heterocycles. The second-order valence-corrected chi connectivity index (χ2v) is 8.34. The maximum atomic E-state index is 13.1. The minimum absolute atomic E-state index is 0.151. The van der Waals surface area contributed by atoms with Crippen LogP contribution in [0.3, 0.4) is 0 Å². The molecule has 0 saturated carbocycles. The molecule has 0 aliphatic carbocycles. The summed E-state index contributed by atoms with van der Waals surface area (Å²) in [5.74, 6) is 0.870. The van der Waals surface area contributed by atoms with Gasteiger partial charge in [-0.2, -0.15) is 0 Å². The molecule has 2 amide bonds. The molecule has 2 aromatic carbocycles. The third-order valence-corrected chi connectivity index (χ3v) is 4.60. The van der Waals surface area contributed by atoms with Crippen LogP contribution in [0.1, 0.15) is 38.8 Å². The highest BCUT2D eigenvalue weighted by Gasteiger charge is 2.28. The van der Waals surface area contributed by atoms with Crippen LogP contribution in [0.4, 0.5) is 0 Å². The fraction of sp³-hybridized carbons (Fsp3) is 0.417. The van der Waals surface area contributed by atoms with Gasteiger partial charge in [-0.1, -0.05) is 30.3 Å². The van der Waals surface area contributed by atoms with Crippen LogP contribution in [-0.4, -0.2) is 42.0 Å². The Bertz CT molecular complexity index is 874. The molecule has 0 unspecified atom stereocenters. The second kappa shape index (κ2) is 10.1. The topological polar surface area (TPSA) is 67.9 Å². The van der Waals surface area contributed by atoms with E-state index in [2.05, 4.69) is 5.32 Å². The number of rotatable bonds is 8. The Morgan fingerprint density at radius 2 is 1.80 bits per heavy atom. The second-order valence-electron chi connectivity index (χ2n) is 8.34. The summed E-state index contributed by atoms with van der Waals surface area (Å²) in [6, 6.07) is 14.3. The van der Waals surface area contributed by atoms with Crippen molar-refractivity contribution in [3.05, 3.63) is 59.7 Å².